The molecular weight excluding hydrogens is 358 g/mol. The van der Waals surface area contributed by atoms with Crippen LogP contribution in [0.3, 0.4) is 0 Å². The Morgan fingerprint density at radius 1 is 1.25 bits per heavy atom. The van der Waals surface area contributed by atoms with Gasteiger partial charge in [0.15, 0.2) is 0 Å². The van der Waals surface area contributed by atoms with Crippen LogP contribution in [0.5, 0.6) is 5.75 Å². The molecule has 1 saturated heterocycles. The molecule has 1 aromatic carbocycles. The summed E-state index contributed by atoms with van der Waals surface area (Å²) in [6.07, 6.45) is 3.43. The Balaban J connectivity index is 1.63. The van der Waals surface area contributed by atoms with Gasteiger partial charge in [-0.25, -0.2) is 4.79 Å². The Bertz CT molecular complexity index is 922. The molecule has 2 unspecified atom stereocenters. The number of likely N-dealkylation sites (tertiary alicyclic amines) is 1. The third kappa shape index (κ3) is 3.19. The zero-order chi connectivity index (χ0) is 20.0. The molecule has 2 aliphatic heterocycles. The number of urea groups is 1. The summed E-state index contributed by atoms with van der Waals surface area (Å²) in [5.74, 6) is 0.461. The quantitative estimate of drug-likeness (QED) is 0.856. The SMILES string of the molecule is CC(C)NC(=O)N1CC2Oc3cc(-c4cnn(C)c4)ccc3C(=O)N(C)C2C1. The van der Waals surface area contributed by atoms with Gasteiger partial charge in [0.25, 0.3) is 5.91 Å². The van der Waals surface area contributed by atoms with Crippen molar-refractivity contribution in [1.82, 2.24) is 24.9 Å². The number of rotatable bonds is 2. The highest BCUT2D eigenvalue weighted by Gasteiger charge is 2.43. The van der Waals surface area contributed by atoms with Crippen LogP contribution < -0.4 is 10.1 Å². The Morgan fingerprint density at radius 3 is 2.71 bits per heavy atom. The first-order chi connectivity index (χ1) is 13.3. The maximum absolute atomic E-state index is 13.0. The minimum absolute atomic E-state index is 0.0564. The van der Waals surface area contributed by atoms with Crippen molar-refractivity contribution >= 4 is 11.9 Å². The molecule has 1 fully saturated rings. The molecule has 1 aromatic heterocycles. The number of benzene rings is 1. The molecule has 0 spiro atoms. The fraction of sp³-hybridized carbons (Fsp3) is 0.450. The van der Waals surface area contributed by atoms with Gasteiger partial charge in [-0.3, -0.25) is 9.48 Å². The molecule has 2 aliphatic rings. The van der Waals surface area contributed by atoms with Gasteiger partial charge in [-0.1, -0.05) is 6.07 Å². The van der Waals surface area contributed by atoms with Gasteiger partial charge in [0.05, 0.1) is 24.3 Å². The van der Waals surface area contributed by atoms with Gasteiger partial charge in [-0.15, -0.1) is 0 Å². The van der Waals surface area contributed by atoms with Crippen LogP contribution in [0, 0.1) is 0 Å². The minimum atomic E-state index is -0.266. The van der Waals surface area contributed by atoms with E-state index in [0.717, 1.165) is 11.1 Å². The van der Waals surface area contributed by atoms with Crippen molar-refractivity contribution in [2.45, 2.75) is 32.0 Å². The van der Waals surface area contributed by atoms with Crippen LogP contribution in [0.2, 0.25) is 0 Å². The van der Waals surface area contributed by atoms with Crippen molar-refractivity contribution in [1.29, 1.82) is 0 Å². The standard InChI is InChI=1S/C20H25N5O3/c1-12(2)22-20(27)25-10-16-18(11-25)28-17-7-13(14-8-21-23(3)9-14)5-6-15(17)19(26)24(16)4/h5-9,12,16,18H,10-11H2,1-4H3,(H,22,27). The molecule has 28 heavy (non-hydrogen) atoms. The van der Waals surface area contributed by atoms with Crippen molar-refractivity contribution in [3.05, 3.63) is 36.2 Å². The molecular formula is C20H25N5O3. The molecule has 2 aromatic rings. The average Bonchev–Trinajstić information content (AvgIpc) is 3.24. The summed E-state index contributed by atoms with van der Waals surface area (Å²) in [5, 5.41) is 7.11. The van der Waals surface area contributed by atoms with Gasteiger partial charge >= 0.3 is 6.03 Å². The zero-order valence-corrected chi connectivity index (χ0v) is 16.5. The molecule has 1 N–H and O–H groups in total. The number of hydrogen-bond donors (Lipinski definition) is 1. The molecule has 0 saturated carbocycles. The lowest BCUT2D eigenvalue weighted by Crippen LogP contribution is -2.45. The van der Waals surface area contributed by atoms with Crippen molar-refractivity contribution in [3.63, 3.8) is 0 Å². The Kier molecular flexibility index (Phi) is 4.49. The number of fused-ring (bicyclic) bond motifs is 2. The van der Waals surface area contributed by atoms with Gasteiger partial charge in [-0.05, 0) is 31.5 Å². The smallest absolute Gasteiger partial charge is 0.317 e. The minimum Gasteiger partial charge on any atom is -0.485 e. The van der Waals surface area contributed by atoms with E-state index in [1.807, 2.05) is 39.2 Å². The maximum atomic E-state index is 13.0. The number of carbonyl (C=O) groups excluding carboxylic acids is 2. The highest BCUT2D eigenvalue weighted by molar-refractivity contribution is 5.98. The van der Waals surface area contributed by atoms with Gasteiger partial charge in [0, 0.05) is 38.4 Å². The van der Waals surface area contributed by atoms with E-state index in [1.165, 1.54) is 0 Å². The van der Waals surface area contributed by atoms with E-state index in [0.29, 0.717) is 24.4 Å². The number of amides is 3. The van der Waals surface area contributed by atoms with Crippen LogP contribution in [0.25, 0.3) is 11.1 Å². The summed E-state index contributed by atoms with van der Waals surface area (Å²) in [5.41, 5.74) is 2.44. The fourth-order valence-electron chi connectivity index (χ4n) is 3.80. The molecule has 148 valence electrons. The fourth-order valence-corrected chi connectivity index (χ4v) is 3.80. The van der Waals surface area contributed by atoms with Gasteiger partial charge in [0.2, 0.25) is 0 Å². The predicted octanol–water partition coefficient (Wildman–Crippen LogP) is 1.72. The van der Waals surface area contributed by atoms with Gasteiger partial charge < -0.3 is 19.9 Å². The predicted molar refractivity (Wildman–Crippen MR) is 104 cm³/mol. The first kappa shape index (κ1) is 18.3. The van der Waals surface area contributed by atoms with Crippen LogP contribution in [-0.2, 0) is 7.05 Å². The van der Waals surface area contributed by atoms with Crippen molar-refractivity contribution in [2.24, 2.45) is 7.05 Å². The second kappa shape index (κ2) is 6.85. The Morgan fingerprint density at radius 2 is 2.04 bits per heavy atom. The van der Waals surface area contributed by atoms with E-state index < -0.39 is 0 Å². The van der Waals surface area contributed by atoms with Crippen LogP contribution >= 0.6 is 0 Å². The lowest BCUT2D eigenvalue weighted by Gasteiger charge is -2.25. The Hall–Kier alpha value is -3.03. The molecule has 0 radical (unpaired) electrons. The van der Waals surface area contributed by atoms with E-state index >= 15 is 0 Å². The van der Waals surface area contributed by atoms with Crippen LogP contribution in [0.1, 0.15) is 24.2 Å². The number of nitrogens with one attached hydrogen (secondary N) is 1. The molecule has 0 aliphatic carbocycles. The van der Waals surface area contributed by atoms with E-state index in [1.54, 1.807) is 33.8 Å². The molecule has 4 rings (SSSR count). The molecule has 8 heteroatoms. The number of aryl methyl sites for hydroxylation is 1. The lowest BCUT2D eigenvalue weighted by atomic mass is 10.1. The largest absolute Gasteiger partial charge is 0.485 e. The summed E-state index contributed by atoms with van der Waals surface area (Å²) in [7, 11) is 3.64. The normalized spacial score (nSPS) is 21.2. The van der Waals surface area contributed by atoms with Gasteiger partial charge in [0.1, 0.15) is 11.9 Å². The maximum Gasteiger partial charge on any atom is 0.317 e. The van der Waals surface area contributed by atoms with Crippen LogP contribution in [0.4, 0.5) is 4.79 Å². The monoisotopic (exact) mass is 383 g/mol. The van der Waals surface area contributed by atoms with E-state index in [4.69, 9.17) is 4.74 Å². The first-order valence-corrected chi connectivity index (χ1v) is 9.46. The van der Waals surface area contributed by atoms with Crippen molar-refractivity contribution in [3.8, 4) is 16.9 Å². The molecule has 0 bridgehead atoms. The molecule has 3 heterocycles. The first-order valence-electron chi connectivity index (χ1n) is 9.46. The number of ether oxygens (including phenoxy) is 1. The summed E-state index contributed by atoms with van der Waals surface area (Å²) >= 11 is 0. The second-order valence-corrected chi connectivity index (χ2v) is 7.76. The second-order valence-electron chi connectivity index (χ2n) is 7.76. The molecule has 2 atom stereocenters. The molecule has 3 amide bonds. The summed E-state index contributed by atoms with van der Waals surface area (Å²) in [6.45, 7) is 4.75. The average molecular weight is 383 g/mol. The summed E-state index contributed by atoms with van der Waals surface area (Å²) < 4.78 is 8.00. The van der Waals surface area contributed by atoms with Crippen LogP contribution in [-0.4, -0.2) is 69.8 Å². The third-order valence-corrected chi connectivity index (χ3v) is 5.28. The van der Waals surface area contributed by atoms with Crippen molar-refractivity contribution < 1.29 is 14.3 Å². The number of nitrogens with zero attached hydrogens (tertiary/aromatic N) is 4. The number of carbonyl (C=O) groups is 2. The zero-order valence-electron chi connectivity index (χ0n) is 16.5. The lowest BCUT2D eigenvalue weighted by molar-refractivity contribution is 0.0682. The third-order valence-electron chi connectivity index (χ3n) is 5.28. The highest BCUT2D eigenvalue weighted by Crippen LogP contribution is 2.34. The highest BCUT2D eigenvalue weighted by atomic mass is 16.5. The van der Waals surface area contributed by atoms with Crippen LogP contribution in [0.15, 0.2) is 30.6 Å². The number of hydrogen-bond acceptors (Lipinski definition) is 4. The number of aromatic nitrogens is 2. The van der Waals surface area contributed by atoms with Gasteiger partial charge in [-0.2, -0.15) is 5.10 Å². The summed E-state index contributed by atoms with van der Waals surface area (Å²) in [6, 6.07) is 5.35. The topological polar surface area (TPSA) is 79.7 Å². The number of likely N-dealkylation sites (N-methyl/N-ethyl adjacent to an activating group) is 1. The van der Waals surface area contributed by atoms with E-state index in [-0.39, 0.29) is 30.1 Å². The Labute approximate surface area is 164 Å². The van der Waals surface area contributed by atoms with E-state index in [9.17, 15) is 9.59 Å². The van der Waals surface area contributed by atoms with Crippen molar-refractivity contribution in [2.75, 3.05) is 20.1 Å². The summed E-state index contributed by atoms with van der Waals surface area (Å²) in [4.78, 5) is 28.8. The van der Waals surface area contributed by atoms with E-state index in [2.05, 4.69) is 10.4 Å². The molecule has 8 nitrogen and oxygen atoms in total.